The fraction of sp³-hybridized carbons (Fsp3) is 0.400. The van der Waals surface area contributed by atoms with Gasteiger partial charge < -0.3 is 10.2 Å². The molecule has 0 radical (unpaired) electrons. The molecule has 158 valence electrons. The molecule has 2 amide bonds. The fourth-order valence-corrected chi connectivity index (χ4v) is 3.83. The molecule has 2 aromatic carbocycles. The number of nitrogens with one attached hydrogen (secondary N) is 1. The highest BCUT2D eigenvalue weighted by Gasteiger charge is 2.17. The van der Waals surface area contributed by atoms with E-state index in [0.717, 1.165) is 36.1 Å². The third-order valence-electron chi connectivity index (χ3n) is 5.71. The van der Waals surface area contributed by atoms with Gasteiger partial charge in [-0.25, -0.2) is 0 Å². The topological polar surface area (TPSA) is 66.5 Å². The lowest BCUT2D eigenvalue weighted by atomic mass is 9.89. The van der Waals surface area contributed by atoms with Crippen molar-refractivity contribution in [3.63, 3.8) is 0 Å². The van der Waals surface area contributed by atoms with Crippen molar-refractivity contribution >= 4 is 23.3 Å². The van der Waals surface area contributed by atoms with Gasteiger partial charge in [0.25, 0.3) is 0 Å². The first-order chi connectivity index (χ1) is 14.3. The number of rotatable bonds is 7. The molecule has 5 nitrogen and oxygen atoms in total. The molecule has 0 spiro atoms. The van der Waals surface area contributed by atoms with E-state index in [0.29, 0.717) is 5.56 Å². The number of hydrogen-bond donors (Lipinski definition) is 1. The van der Waals surface area contributed by atoms with Crippen LogP contribution in [-0.2, 0) is 22.4 Å². The van der Waals surface area contributed by atoms with Crippen LogP contribution < -0.4 is 5.32 Å². The van der Waals surface area contributed by atoms with Crippen molar-refractivity contribution in [3.05, 3.63) is 64.2 Å². The van der Waals surface area contributed by atoms with Gasteiger partial charge in [-0.2, -0.15) is 0 Å². The summed E-state index contributed by atoms with van der Waals surface area (Å²) in [5.74, 6) is -0.483. The molecule has 2 aromatic rings. The fourth-order valence-electron chi connectivity index (χ4n) is 3.83. The van der Waals surface area contributed by atoms with Crippen molar-refractivity contribution in [2.24, 2.45) is 0 Å². The highest BCUT2D eigenvalue weighted by atomic mass is 16.2. The van der Waals surface area contributed by atoms with E-state index in [2.05, 4.69) is 5.32 Å². The van der Waals surface area contributed by atoms with Crippen LogP contribution in [0.25, 0.3) is 0 Å². The van der Waals surface area contributed by atoms with Gasteiger partial charge in [-0.1, -0.05) is 24.3 Å². The minimum Gasteiger partial charge on any atom is -0.336 e. The van der Waals surface area contributed by atoms with Crippen LogP contribution in [0.5, 0.6) is 0 Å². The first-order valence-electron chi connectivity index (χ1n) is 10.6. The lowest BCUT2D eigenvalue weighted by Crippen LogP contribution is -2.35. The Hall–Kier alpha value is -2.95. The van der Waals surface area contributed by atoms with Gasteiger partial charge >= 0.3 is 0 Å². The van der Waals surface area contributed by atoms with Crippen LogP contribution in [0.3, 0.4) is 0 Å². The molecule has 0 aliphatic heterocycles. The first kappa shape index (κ1) is 21.8. The summed E-state index contributed by atoms with van der Waals surface area (Å²) in [5.41, 5.74) is 6.06. The number of carbonyl (C=O) groups excluding carboxylic acids is 3. The number of fused-ring (bicyclic) bond motifs is 1. The first-order valence-corrected chi connectivity index (χ1v) is 10.6. The summed E-state index contributed by atoms with van der Waals surface area (Å²) in [6.45, 7) is 3.85. The average molecular weight is 407 g/mol. The van der Waals surface area contributed by atoms with E-state index in [1.165, 1.54) is 22.4 Å². The summed E-state index contributed by atoms with van der Waals surface area (Å²) in [6.07, 6.45) is 4.73. The van der Waals surface area contributed by atoms with E-state index >= 15 is 0 Å². The molecular weight excluding hydrogens is 376 g/mol. The molecule has 1 aliphatic rings. The third-order valence-corrected chi connectivity index (χ3v) is 5.71. The maximum Gasteiger partial charge on any atom is 0.243 e. The molecule has 0 aromatic heterocycles. The molecule has 0 saturated carbocycles. The molecule has 3 rings (SSSR count). The van der Waals surface area contributed by atoms with Gasteiger partial charge in [0.15, 0.2) is 5.78 Å². The molecule has 30 heavy (non-hydrogen) atoms. The summed E-state index contributed by atoms with van der Waals surface area (Å²) >= 11 is 0. The van der Waals surface area contributed by atoms with E-state index in [4.69, 9.17) is 0 Å². The maximum absolute atomic E-state index is 12.5. The largest absolute Gasteiger partial charge is 0.336 e. The molecule has 0 bridgehead atoms. The second-order valence-electron chi connectivity index (χ2n) is 8.23. The van der Waals surface area contributed by atoms with Crippen LogP contribution in [-0.4, -0.2) is 36.1 Å². The highest BCUT2D eigenvalue weighted by Crippen LogP contribution is 2.23. The van der Waals surface area contributed by atoms with Crippen molar-refractivity contribution in [3.8, 4) is 0 Å². The number of ketones is 1. The van der Waals surface area contributed by atoms with Crippen molar-refractivity contribution in [2.75, 3.05) is 18.9 Å². The van der Waals surface area contributed by atoms with Crippen molar-refractivity contribution in [1.82, 2.24) is 4.90 Å². The predicted octanol–water partition coefficient (Wildman–Crippen LogP) is 4.24. The number of hydrogen-bond acceptors (Lipinski definition) is 3. The van der Waals surface area contributed by atoms with Gasteiger partial charge in [-0.3, -0.25) is 14.4 Å². The number of Topliss-reactive ketones (excluding diaryl/α,β-unsaturated/α-hetero) is 1. The molecule has 0 unspecified atom stereocenters. The summed E-state index contributed by atoms with van der Waals surface area (Å²) in [4.78, 5) is 38.6. The van der Waals surface area contributed by atoms with E-state index in [-0.39, 0.29) is 37.0 Å². The Kier molecular flexibility index (Phi) is 7.03. The molecule has 5 heteroatoms. The highest BCUT2D eigenvalue weighted by molar-refractivity contribution is 5.99. The molecule has 0 heterocycles. The van der Waals surface area contributed by atoms with Gasteiger partial charge in [-0.05, 0) is 73.9 Å². The van der Waals surface area contributed by atoms with E-state index in [1.54, 1.807) is 7.05 Å². The summed E-state index contributed by atoms with van der Waals surface area (Å²) in [7, 11) is 1.59. The zero-order chi connectivity index (χ0) is 21.7. The molecule has 0 atom stereocenters. The standard InChI is InChI=1S/C25H30N2O3/c1-17-8-9-18(2)22(14-17)26-24(29)16-27(3)25(30)13-12-23(28)21-11-10-19-6-4-5-7-20(19)15-21/h8-11,14-15H,4-7,12-13,16H2,1-3H3,(H,26,29). The van der Waals surface area contributed by atoms with Gasteiger partial charge in [0, 0.05) is 31.1 Å². The number of benzene rings is 2. The summed E-state index contributed by atoms with van der Waals surface area (Å²) < 4.78 is 0. The minimum atomic E-state index is -0.249. The third kappa shape index (κ3) is 5.56. The molecule has 0 fully saturated rings. The van der Waals surface area contributed by atoms with Gasteiger partial charge in [-0.15, -0.1) is 0 Å². The SMILES string of the molecule is Cc1ccc(C)c(NC(=O)CN(C)C(=O)CCC(=O)c2ccc3c(c2)CCCC3)c1. The smallest absolute Gasteiger partial charge is 0.243 e. The number of nitrogens with zero attached hydrogens (tertiary/aromatic N) is 1. The molecular formula is C25H30N2O3. The summed E-state index contributed by atoms with van der Waals surface area (Å²) in [6, 6.07) is 11.8. The quantitative estimate of drug-likeness (QED) is 0.700. The number of carbonyl (C=O) groups is 3. The lowest BCUT2D eigenvalue weighted by molar-refractivity contribution is -0.133. The Balaban J connectivity index is 1.49. The van der Waals surface area contributed by atoms with Crippen molar-refractivity contribution < 1.29 is 14.4 Å². The second kappa shape index (κ2) is 9.70. The van der Waals surface area contributed by atoms with Crippen LogP contribution in [0.15, 0.2) is 36.4 Å². The molecule has 1 aliphatic carbocycles. The van der Waals surface area contributed by atoms with Crippen LogP contribution in [0.4, 0.5) is 5.69 Å². The Bertz CT molecular complexity index is 965. The second-order valence-corrected chi connectivity index (χ2v) is 8.23. The molecule has 0 saturated heterocycles. The zero-order valence-electron chi connectivity index (χ0n) is 18.1. The average Bonchev–Trinajstić information content (AvgIpc) is 2.73. The lowest BCUT2D eigenvalue weighted by Gasteiger charge is -2.18. The van der Waals surface area contributed by atoms with Gasteiger partial charge in [0.05, 0.1) is 6.54 Å². The van der Waals surface area contributed by atoms with E-state index in [1.807, 2.05) is 50.2 Å². The minimum absolute atomic E-state index is 0.0232. The van der Waals surface area contributed by atoms with Crippen molar-refractivity contribution in [1.29, 1.82) is 0 Å². The number of likely N-dealkylation sites (N-methyl/N-ethyl adjacent to an activating group) is 1. The van der Waals surface area contributed by atoms with Crippen LogP contribution in [0.1, 0.15) is 58.3 Å². The predicted molar refractivity (Wildman–Crippen MR) is 119 cm³/mol. The Morgan fingerprint density at radius 1 is 0.933 bits per heavy atom. The Morgan fingerprint density at radius 3 is 2.43 bits per heavy atom. The number of amides is 2. The van der Waals surface area contributed by atoms with Gasteiger partial charge in [0.2, 0.25) is 11.8 Å². The maximum atomic E-state index is 12.5. The van der Waals surface area contributed by atoms with Crippen LogP contribution in [0, 0.1) is 13.8 Å². The Morgan fingerprint density at radius 2 is 1.67 bits per heavy atom. The van der Waals surface area contributed by atoms with E-state index < -0.39 is 0 Å². The van der Waals surface area contributed by atoms with Crippen LogP contribution >= 0.6 is 0 Å². The molecule has 1 N–H and O–H groups in total. The normalized spacial score (nSPS) is 12.8. The zero-order valence-corrected chi connectivity index (χ0v) is 18.1. The number of aryl methyl sites for hydroxylation is 4. The Labute approximate surface area is 178 Å². The van der Waals surface area contributed by atoms with Gasteiger partial charge in [0.1, 0.15) is 0 Å². The monoisotopic (exact) mass is 406 g/mol. The van der Waals surface area contributed by atoms with Crippen molar-refractivity contribution in [2.45, 2.75) is 52.4 Å². The number of anilines is 1. The van der Waals surface area contributed by atoms with E-state index in [9.17, 15) is 14.4 Å². The summed E-state index contributed by atoms with van der Waals surface area (Å²) in [5, 5.41) is 2.86. The van der Waals surface area contributed by atoms with Crippen LogP contribution in [0.2, 0.25) is 0 Å².